The second kappa shape index (κ2) is 7.32. The molecule has 0 aromatic heterocycles. The lowest BCUT2D eigenvalue weighted by Crippen LogP contribution is -2.23. The second-order valence-corrected chi connectivity index (χ2v) is 6.03. The number of aldehydes is 1. The van der Waals surface area contributed by atoms with Gasteiger partial charge in [-0.3, -0.25) is 4.79 Å². The average molecular weight is 310 g/mol. The Morgan fingerprint density at radius 1 is 0.957 bits per heavy atom. The number of carbonyl (C=O) groups is 1. The van der Waals surface area contributed by atoms with Crippen molar-refractivity contribution in [1.82, 2.24) is 0 Å². The zero-order valence-corrected chi connectivity index (χ0v) is 13.4. The summed E-state index contributed by atoms with van der Waals surface area (Å²) in [4.78, 5) is 11.0. The molecular formula is C20H22O3. The minimum absolute atomic E-state index is 0.186. The third-order valence-electron chi connectivity index (χ3n) is 4.56. The number of hydrogen-bond acceptors (Lipinski definition) is 3. The Labute approximate surface area is 137 Å². The van der Waals surface area contributed by atoms with Gasteiger partial charge in [-0.05, 0) is 55.4 Å². The fraction of sp³-hybridized carbons (Fsp3) is 0.350. The van der Waals surface area contributed by atoms with Gasteiger partial charge in [-0.15, -0.1) is 0 Å². The Balaban J connectivity index is 1.64. The molecule has 2 aromatic carbocycles. The van der Waals surface area contributed by atoms with Crippen LogP contribution in [-0.2, 0) is 0 Å². The van der Waals surface area contributed by atoms with Crippen LogP contribution in [0.2, 0.25) is 0 Å². The Bertz CT molecular complexity index is 643. The molecule has 0 bridgehead atoms. The van der Waals surface area contributed by atoms with Crippen LogP contribution in [-0.4, -0.2) is 19.5 Å². The number of hydrogen-bond donors (Lipinski definition) is 0. The SMILES string of the molecule is COc1ccc(C=O)cc1O[C@H]1CC[C@H](c2ccccc2)CC1. The van der Waals surface area contributed by atoms with Crippen LogP contribution in [0, 0.1) is 0 Å². The molecule has 1 saturated carbocycles. The number of methoxy groups -OCH3 is 1. The van der Waals surface area contributed by atoms with Crippen LogP contribution in [0.3, 0.4) is 0 Å². The van der Waals surface area contributed by atoms with Crippen LogP contribution in [0.25, 0.3) is 0 Å². The van der Waals surface area contributed by atoms with E-state index in [1.807, 2.05) is 0 Å². The number of benzene rings is 2. The van der Waals surface area contributed by atoms with E-state index in [1.165, 1.54) is 5.56 Å². The zero-order valence-electron chi connectivity index (χ0n) is 13.4. The van der Waals surface area contributed by atoms with Crippen LogP contribution in [0.5, 0.6) is 11.5 Å². The third-order valence-corrected chi connectivity index (χ3v) is 4.56. The highest BCUT2D eigenvalue weighted by molar-refractivity contribution is 5.76. The maximum atomic E-state index is 11.0. The molecule has 2 aromatic rings. The van der Waals surface area contributed by atoms with Gasteiger partial charge in [0.15, 0.2) is 11.5 Å². The summed E-state index contributed by atoms with van der Waals surface area (Å²) in [6, 6.07) is 16.0. The molecule has 3 rings (SSSR count). The first-order valence-corrected chi connectivity index (χ1v) is 8.15. The maximum Gasteiger partial charge on any atom is 0.162 e. The molecule has 0 radical (unpaired) electrons. The lowest BCUT2D eigenvalue weighted by molar-refractivity contribution is 0.112. The first-order chi connectivity index (χ1) is 11.3. The minimum atomic E-state index is 0.186. The third kappa shape index (κ3) is 3.73. The predicted molar refractivity (Wildman–Crippen MR) is 90.4 cm³/mol. The van der Waals surface area contributed by atoms with E-state index in [0.29, 0.717) is 23.0 Å². The minimum Gasteiger partial charge on any atom is -0.493 e. The Hall–Kier alpha value is -2.29. The quantitative estimate of drug-likeness (QED) is 0.756. The highest BCUT2D eigenvalue weighted by atomic mass is 16.5. The van der Waals surface area contributed by atoms with Gasteiger partial charge in [0.05, 0.1) is 13.2 Å². The van der Waals surface area contributed by atoms with Gasteiger partial charge >= 0.3 is 0 Å². The molecule has 0 amide bonds. The lowest BCUT2D eigenvalue weighted by atomic mass is 9.83. The Kier molecular flexibility index (Phi) is 4.96. The molecule has 0 atom stereocenters. The summed E-state index contributed by atoms with van der Waals surface area (Å²) in [6.07, 6.45) is 5.32. The first kappa shape index (κ1) is 15.6. The monoisotopic (exact) mass is 310 g/mol. The van der Waals surface area contributed by atoms with Crippen molar-refractivity contribution in [3.05, 3.63) is 59.7 Å². The molecule has 23 heavy (non-hydrogen) atoms. The van der Waals surface area contributed by atoms with Crippen LogP contribution >= 0.6 is 0 Å². The van der Waals surface area contributed by atoms with Crippen molar-refractivity contribution in [3.63, 3.8) is 0 Å². The van der Waals surface area contributed by atoms with Gasteiger partial charge in [-0.1, -0.05) is 30.3 Å². The zero-order chi connectivity index (χ0) is 16.1. The van der Waals surface area contributed by atoms with E-state index in [4.69, 9.17) is 9.47 Å². The molecule has 3 nitrogen and oxygen atoms in total. The number of carbonyl (C=O) groups excluding carboxylic acids is 1. The van der Waals surface area contributed by atoms with Gasteiger partial charge in [0, 0.05) is 5.56 Å². The molecule has 1 aliphatic rings. The average Bonchev–Trinajstić information content (AvgIpc) is 2.63. The van der Waals surface area contributed by atoms with E-state index in [1.54, 1.807) is 25.3 Å². The van der Waals surface area contributed by atoms with Gasteiger partial charge in [-0.2, -0.15) is 0 Å². The van der Waals surface area contributed by atoms with Crippen LogP contribution < -0.4 is 9.47 Å². The van der Waals surface area contributed by atoms with Crippen molar-refractivity contribution < 1.29 is 14.3 Å². The summed E-state index contributed by atoms with van der Waals surface area (Å²) < 4.78 is 11.5. The van der Waals surface area contributed by atoms with Gasteiger partial charge in [0.25, 0.3) is 0 Å². The normalized spacial score (nSPS) is 20.7. The molecule has 3 heteroatoms. The fourth-order valence-electron chi connectivity index (χ4n) is 3.28. The van der Waals surface area contributed by atoms with Crippen LogP contribution in [0.1, 0.15) is 47.5 Å². The van der Waals surface area contributed by atoms with E-state index in [9.17, 15) is 4.79 Å². The largest absolute Gasteiger partial charge is 0.493 e. The maximum absolute atomic E-state index is 11.0. The van der Waals surface area contributed by atoms with E-state index in [0.717, 1.165) is 32.0 Å². The molecule has 120 valence electrons. The molecule has 0 heterocycles. The Morgan fingerprint density at radius 2 is 1.70 bits per heavy atom. The van der Waals surface area contributed by atoms with Crippen molar-refractivity contribution in [2.75, 3.05) is 7.11 Å². The first-order valence-electron chi connectivity index (χ1n) is 8.15. The summed E-state index contributed by atoms with van der Waals surface area (Å²) in [5.74, 6) is 1.97. The van der Waals surface area contributed by atoms with E-state index in [-0.39, 0.29) is 6.10 Å². The highest BCUT2D eigenvalue weighted by Gasteiger charge is 2.24. The summed E-state index contributed by atoms with van der Waals surface area (Å²) in [5.41, 5.74) is 2.03. The van der Waals surface area contributed by atoms with E-state index < -0.39 is 0 Å². The molecule has 0 N–H and O–H groups in total. The van der Waals surface area contributed by atoms with Crippen molar-refractivity contribution in [2.45, 2.75) is 37.7 Å². The topological polar surface area (TPSA) is 35.5 Å². The lowest BCUT2D eigenvalue weighted by Gasteiger charge is -2.29. The Morgan fingerprint density at radius 3 is 2.35 bits per heavy atom. The molecule has 1 aliphatic carbocycles. The standard InChI is InChI=1S/C20H22O3/c1-22-19-12-7-15(14-21)13-20(19)23-18-10-8-17(9-11-18)16-5-3-2-4-6-16/h2-7,12-14,17-18H,8-11H2,1H3/t17-,18-. The number of rotatable bonds is 5. The van der Waals surface area contributed by atoms with Crippen molar-refractivity contribution >= 4 is 6.29 Å². The van der Waals surface area contributed by atoms with Gasteiger partial charge in [0.1, 0.15) is 6.29 Å². The van der Waals surface area contributed by atoms with Gasteiger partial charge < -0.3 is 9.47 Å². The highest BCUT2D eigenvalue weighted by Crippen LogP contribution is 2.36. The number of ether oxygens (including phenoxy) is 2. The predicted octanol–water partition coefficient (Wildman–Crippen LogP) is 4.61. The second-order valence-electron chi connectivity index (χ2n) is 6.03. The smallest absolute Gasteiger partial charge is 0.162 e. The van der Waals surface area contributed by atoms with Crippen molar-refractivity contribution in [2.24, 2.45) is 0 Å². The molecule has 0 unspecified atom stereocenters. The van der Waals surface area contributed by atoms with Gasteiger partial charge in [0.2, 0.25) is 0 Å². The summed E-state index contributed by atoms with van der Waals surface area (Å²) in [5, 5.41) is 0. The summed E-state index contributed by atoms with van der Waals surface area (Å²) in [6.45, 7) is 0. The molecule has 1 fully saturated rings. The molecular weight excluding hydrogens is 288 g/mol. The molecule has 0 aliphatic heterocycles. The molecule has 0 saturated heterocycles. The van der Waals surface area contributed by atoms with Gasteiger partial charge in [-0.25, -0.2) is 0 Å². The van der Waals surface area contributed by atoms with E-state index >= 15 is 0 Å². The fourth-order valence-corrected chi connectivity index (χ4v) is 3.28. The summed E-state index contributed by atoms with van der Waals surface area (Å²) in [7, 11) is 1.62. The molecule has 0 spiro atoms. The van der Waals surface area contributed by atoms with Crippen LogP contribution in [0.15, 0.2) is 48.5 Å². The van der Waals surface area contributed by atoms with E-state index in [2.05, 4.69) is 30.3 Å². The van der Waals surface area contributed by atoms with Crippen molar-refractivity contribution in [3.8, 4) is 11.5 Å². The van der Waals surface area contributed by atoms with Crippen LogP contribution in [0.4, 0.5) is 0 Å². The van der Waals surface area contributed by atoms with Crippen molar-refractivity contribution in [1.29, 1.82) is 0 Å². The summed E-state index contributed by atoms with van der Waals surface area (Å²) >= 11 is 0.